The maximum absolute atomic E-state index is 12.9. The van der Waals surface area contributed by atoms with Crippen molar-refractivity contribution >= 4 is 21.6 Å². The van der Waals surface area contributed by atoms with Crippen LogP contribution in [0.5, 0.6) is 0 Å². The van der Waals surface area contributed by atoms with Crippen LogP contribution in [0.2, 0.25) is 0 Å². The summed E-state index contributed by atoms with van der Waals surface area (Å²) in [5.74, 6) is -0.279. The number of carbonyl (C=O) groups is 1. The van der Waals surface area contributed by atoms with E-state index in [1.807, 2.05) is 6.07 Å². The number of carbonyl (C=O) groups excluding carboxylic acids is 1. The number of anilines is 1. The van der Waals surface area contributed by atoms with Gasteiger partial charge in [-0.05, 0) is 55.7 Å². The zero-order valence-corrected chi connectivity index (χ0v) is 18.0. The molecule has 6 heteroatoms. The molecule has 1 amide bonds. The van der Waals surface area contributed by atoms with Gasteiger partial charge in [-0.3, -0.25) is 9.10 Å². The van der Waals surface area contributed by atoms with Crippen LogP contribution in [0.4, 0.5) is 5.69 Å². The maximum Gasteiger partial charge on any atom is 0.264 e. The van der Waals surface area contributed by atoms with Crippen molar-refractivity contribution in [1.29, 1.82) is 0 Å². The van der Waals surface area contributed by atoms with E-state index in [4.69, 9.17) is 0 Å². The van der Waals surface area contributed by atoms with Gasteiger partial charge >= 0.3 is 0 Å². The van der Waals surface area contributed by atoms with E-state index >= 15 is 0 Å². The molecule has 0 spiro atoms. The molecular weight excluding hydrogens is 396 g/mol. The van der Waals surface area contributed by atoms with Gasteiger partial charge in [0.15, 0.2) is 0 Å². The van der Waals surface area contributed by atoms with Crippen molar-refractivity contribution in [3.63, 3.8) is 0 Å². The van der Waals surface area contributed by atoms with E-state index in [-0.39, 0.29) is 10.8 Å². The summed E-state index contributed by atoms with van der Waals surface area (Å²) in [6.07, 6.45) is 1.68. The zero-order chi connectivity index (χ0) is 21.6. The van der Waals surface area contributed by atoms with Gasteiger partial charge in [-0.15, -0.1) is 0 Å². The minimum Gasteiger partial charge on any atom is -0.352 e. The fourth-order valence-corrected chi connectivity index (χ4v) is 4.33. The van der Waals surface area contributed by atoms with Gasteiger partial charge in [-0.2, -0.15) is 0 Å². The number of sulfonamides is 1. The number of para-hydroxylation sites is 1. The number of aryl methyl sites for hydroxylation is 2. The highest BCUT2D eigenvalue weighted by Gasteiger charge is 2.22. The lowest BCUT2D eigenvalue weighted by atomic mass is 10.1. The minimum absolute atomic E-state index is 0.0844. The molecule has 0 heterocycles. The third-order valence-electron chi connectivity index (χ3n) is 4.92. The van der Waals surface area contributed by atoms with Crippen molar-refractivity contribution in [2.24, 2.45) is 0 Å². The highest BCUT2D eigenvalue weighted by Crippen LogP contribution is 2.22. The molecular formula is C24H26N2O3S. The fraction of sp³-hybridized carbons (Fsp3) is 0.208. The zero-order valence-electron chi connectivity index (χ0n) is 17.2. The second kappa shape index (κ2) is 9.59. The Hall–Kier alpha value is -3.12. The first-order chi connectivity index (χ1) is 14.4. The van der Waals surface area contributed by atoms with Gasteiger partial charge in [-0.25, -0.2) is 8.42 Å². The summed E-state index contributed by atoms with van der Waals surface area (Å²) in [7, 11) is -2.26. The van der Waals surface area contributed by atoms with E-state index in [9.17, 15) is 13.2 Å². The molecule has 3 aromatic carbocycles. The summed E-state index contributed by atoms with van der Waals surface area (Å²) in [6.45, 7) is 2.57. The van der Waals surface area contributed by atoms with E-state index < -0.39 is 10.0 Å². The van der Waals surface area contributed by atoms with Crippen LogP contribution in [-0.2, 0) is 16.4 Å². The number of nitrogens with zero attached hydrogens (tertiary/aromatic N) is 1. The molecule has 0 aliphatic heterocycles. The first-order valence-electron chi connectivity index (χ1n) is 9.86. The lowest BCUT2D eigenvalue weighted by molar-refractivity contribution is 0.0953. The summed E-state index contributed by atoms with van der Waals surface area (Å²) in [4.78, 5) is 12.6. The lowest BCUT2D eigenvalue weighted by Crippen LogP contribution is -2.28. The van der Waals surface area contributed by atoms with Crippen molar-refractivity contribution in [1.82, 2.24) is 5.32 Å². The standard InChI is InChI=1S/C24H26N2O3S/c1-19-13-15-20(16-14-19)8-7-17-25-24(27)21-9-6-12-23(18-21)30(28,29)26(2)22-10-4-3-5-11-22/h3-6,9-16,18H,7-8,17H2,1-2H3,(H,25,27). The van der Waals surface area contributed by atoms with Crippen molar-refractivity contribution in [2.75, 3.05) is 17.9 Å². The maximum atomic E-state index is 12.9. The monoisotopic (exact) mass is 422 g/mol. The Morgan fingerprint density at radius 1 is 0.933 bits per heavy atom. The molecule has 30 heavy (non-hydrogen) atoms. The molecule has 0 saturated carbocycles. The number of rotatable bonds is 8. The largest absolute Gasteiger partial charge is 0.352 e. The summed E-state index contributed by atoms with van der Waals surface area (Å²) in [6, 6.07) is 23.3. The second-order valence-corrected chi connectivity index (χ2v) is 9.15. The first kappa shape index (κ1) is 21.6. The third-order valence-corrected chi connectivity index (χ3v) is 6.70. The van der Waals surface area contributed by atoms with Gasteiger partial charge in [0, 0.05) is 19.2 Å². The van der Waals surface area contributed by atoms with Gasteiger partial charge in [0.2, 0.25) is 0 Å². The Morgan fingerprint density at radius 3 is 2.33 bits per heavy atom. The third kappa shape index (κ3) is 5.27. The molecule has 0 aromatic heterocycles. The normalized spacial score (nSPS) is 11.1. The molecule has 0 aliphatic rings. The number of nitrogens with one attached hydrogen (secondary N) is 1. The fourth-order valence-electron chi connectivity index (χ4n) is 3.08. The van der Waals surface area contributed by atoms with Crippen LogP contribution in [0.25, 0.3) is 0 Å². The van der Waals surface area contributed by atoms with Crippen LogP contribution in [-0.4, -0.2) is 27.9 Å². The van der Waals surface area contributed by atoms with Gasteiger partial charge in [-0.1, -0.05) is 54.1 Å². The average molecular weight is 423 g/mol. The lowest BCUT2D eigenvalue weighted by Gasteiger charge is -2.19. The van der Waals surface area contributed by atoms with Crippen LogP contribution < -0.4 is 9.62 Å². The van der Waals surface area contributed by atoms with Gasteiger partial charge in [0.25, 0.3) is 15.9 Å². The predicted molar refractivity (Wildman–Crippen MR) is 120 cm³/mol. The van der Waals surface area contributed by atoms with Crippen molar-refractivity contribution < 1.29 is 13.2 Å². The van der Waals surface area contributed by atoms with Gasteiger partial charge < -0.3 is 5.32 Å². The number of amides is 1. The van der Waals surface area contributed by atoms with Crippen LogP contribution in [0.1, 0.15) is 27.9 Å². The summed E-state index contributed by atoms with van der Waals surface area (Å²) in [5, 5.41) is 2.87. The molecule has 156 valence electrons. The summed E-state index contributed by atoms with van der Waals surface area (Å²) in [5.41, 5.74) is 3.34. The Bertz CT molecular complexity index is 1090. The number of hydrogen-bond donors (Lipinski definition) is 1. The van der Waals surface area contributed by atoms with E-state index in [0.717, 1.165) is 12.8 Å². The molecule has 0 saturated heterocycles. The molecule has 3 rings (SSSR count). The van der Waals surface area contributed by atoms with Gasteiger partial charge in [0.1, 0.15) is 0 Å². The predicted octanol–water partition coefficient (Wildman–Crippen LogP) is 4.18. The van der Waals surface area contributed by atoms with Crippen molar-refractivity contribution in [2.45, 2.75) is 24.7 Å². The Morgan fingerprint density at radius 2 is 1.63 bits per heavy atom. The van der Waals surface area contributed by atoms with Crippen molar-refractivity contribution in [3.05, 3.63) is 95.6 Å². The van der Waals surface area contributed by atoms with E-state index in [0.29, 0.717) is 17.8 Å². The molecule has 0 fully saturated rings. The SMILES string of the molecule is Cc1ccc(CCCNC(=O)c2cccc(S(=O)(=O)N(C)c3ccccc3)c2)cc1. The number of hydrogen-bond acceptors (Lipinski definition) is 3. The van der Waals surface area contributed by atoms with Crippen molar-refractivity contribution in [3.8, 4) is 0 Å². The topological polar surface area (TPSA) is 66.5 Å². The van der Waals surface area contributed by atoms with Gasteiger partial charge in [0.05, 0.1) is 10.6 Å². The summed E-state index contributed by atoms with van der Waals surface area (Å²) < 4.78 is 27.1. The molecule has 0 bridgehead atoms. The van der Waals surface area contributed by atoms with E-state index in [1.54, 1.807) is 36.4 Å². The molecule has 0 unspecified atom stereocenters. The molecule has 5 nitrogen and oxygen atoms in total. The Labute approximate surface area is 178 Å². The van der Waals surface area contributed by atoms with E-state index in [1.165, 1.54) is 34.6 Å². The average Bonchev–Trinajstić information content (AvgIpc) is 2.78. The number of benzene rings is 3. The molecule has 3 aromatic rings. The second-order valence-electron chi connectivity index (χ2n) is 7.18. The molecule has 0 aliphatic carbocycles. The summed E-state index contributed by atoms with van der Waals surface area (Å²) >= 11 is 0. The van der Waals surface area contributed by atoms with Crippen LogP contribution >= 0.6 is 0 Å². The Kier molecular flexibility index (Phi) is 6.90. The smallest absolute Gasteiger partial charge is 0.264 e. The highest BCUT2D eigenvalue weighted by molar-refractivity contribution is 7.92. The molecule has 0 atom stereocenters. The van der Waals surface area contributed by atoms with Crippen LogP contribution in [0, 0.1) is 6.92 Å². The highest BCUT2D eigenvalue weighted by atomic mass is 32.2. The molecule has 0 radical (unpaired) electrons. The molecule has 1 N–H and O–H groups in total. The first-order valence-corrected chi connectivity index (χ1v) is 11.3. The Balaban J connectivity index is 1.62. The quantitative estimate of drug-likeness (QED) is 0.554. The minimum atomic E-state index is -3.76. The van der Waals surface area contributed by atoms with Crippen LogP contribution in [0.15, 0.2) is 83.8 Å². The van der Waals surface area contributed by atoms with E-state index in [2.05, 4.69) is 36.5 Å². The van der Waals surface area contributed by atoms with Crippen LogP contribution in [0.3, 0.4) is 0 Å².